The monoisotopic (exact) mass is 578 g/mol. The van der Waals surface area contributed by atoms with E-state index in [9.17, 15) is 9.59 Å². The highest BCUT2D eigenvalue weighted by Gasteiger charge is 2.41. The number of Topliss-reactive ketones (excluding diaryl/α,β-unsaturated/α-hetero) is 1. The van der Waals surface area contributed by atoms with Gasteiger partial charge in [0.2, 0.25) is 0 Å². The molecule has 3 aromatic carbocycles. The summed E-state index contributed by atoms with van der Waals surface area (Å²) in [6.07, 6.45) is -0.408. The van der Waals surface area contributed by atoms with Crippen LogP contribution in [0.5, 0.6) is 0 Å². The Balaban J connectivity index is 0.00000370. The molecule has 0 fully saturated rings. The topological polar surface area (TPSA) is 67.9 Å². The second-order valence-electron chi connectivity index (χ2n) is 9.83. The number of nitrogens with one attached hydrogen (secondary N) is 1. The molecule has 0 amide bonds. The molecule has 0 aliphatic carbocycles. The first kappa shape index (κ1) is 29.6. The molecule has 5 rings (SSSR count). The van der Waals surface area contributed by atoms with E-state index < -0.39 is 18.0 Å². The molecule has 2 aliphatic rings. The Kier molecular flexibility index (Phi) is 9.82. The largest absolute Gasteiger partial charge is 0.459 e. The van der Waals surface area contributed by atoms with Crippen molar-refractivity contribution in [3.8, 4) is 0 Å². The molecular formula is C32H32Cl2N2O4. The molecule has 3 aromatic rings. The van der Waals surface area contributed by atoms with Crippen molar-refractivity contribution in [3.05, 3.63) is 129 Å². The van der Waals surface area contributed by atoms with Crippen LogP contribution < -0.4 is 5.32 Å². The number of methoxy groups -OCH3 is 1. The van der Waals surface area contributed by atoms with Gasteiger partial charge in [-0.1, -0.05) is 84.4 Å². The van der Waals surface area contributed by atoms with Crippen molar-refractivity contribution in [2.75, 3.05) is 26.8 Å². The summed E-state index contributed by atoms with van der Waals surface area (Å²) in [5.74, 6) is -1.10. The molecule has 0 radical (unpaired) electrons. The van der Waals surface area contributed by atoms with Crippen molar-refractivity contribution in [1.29, 1.82) is 0 Å². The fourth-order valence-corrected chi connectivity index (χ4v) is 5.56. The number of ketones is 1. The van der Waals surface area contributed by atoms with Gasteiger partial charge >= 0.3 is 5.97 Å². The Bertz CT molecular complexity index is 1420. The number of nitrogens with zero attached hydrogens (tertiary/aromatic N) is 1. The van der Waals surface area contributed by atoms with Crippen LogP contribution in [0.4, 0.5) is 0 Å². The molecule has 0 saturated carbocycles. The van der Waals surface area contributed by atoms with Gasteiger partial charge in [0.1, 0.15) is 12.7 Å². The maximum Gasteiger partial charge on any atom is 0.336 e. The number of allylic oxidation sites excluding steroid dienone is 1. The lowest BCUT2D eigenvalue weighted by atomic mass is 9.77. The summed E-state index contributed by atoms with van der Waals surface area (Å²) in [5, 5.41) is 3.91. The Labute approximate surface area is 246 Å². The molecule has 6 nitrogen and oxygen atoms in total. The van der Waals surface area contributed by atoms with Gasteiger partial charge in [-0.05, 0) is 35.7 Å². The van der Waals surface area contributed by atoms with E-state index in [4.69, 9.17) is 21.1 Å². The lowest BCUT2D eigenvalue weighted by Gasteiger charge is -2.38. The molecule has 0 spiro atoms. The number of ether oxygens (including phenoxy) is 2. The van der Waals surface area contributed by atoms with E-state index in [-0.39, 0.29) is 31.3 Å². The second kappa shape index (κ2) is 13.3. The van der Waals surface area contributed by atoms with Crippen LogP contribution >= 0.6 is 24.0 Å². The summed E-state index contributed by atoms with van der Waals surface area (Å²) >= 11 is 6.37. The third-order valence-electron chi connectivity index (χ3n) is 7.17. The van der Waals surface area contributed by atoms with Crippen molar-refractivity contribution in [2.45, 2.75) is 25.5 Å². The minimum atomic E-state index is -0.587. The van der Waals surface area contributed by atoms with Crippen molar-refractivity contribution in [3.63, 3.8) is 0 Å². The van der Waals surface area contributed by atoms with Gasteiger partial charge in [0.15, 0.2) is 5.78 Å². The zero-order valence-corrected chi connectivity index (χ0v) is 24.0. The van der Waals surface area contributed by atoms with E-state index in [1.807, 2.05) is 73.7 Å². The molecule has 1 N–H and O–H groups in total. The molecule has 40 heavy (non-hydrogen) atoms. The lowest BCUT2D eigenvalue weighted by Crippen LogP contribution is -2.45. The third-order valence-corrected chi connectivity index (χ3v) is 7.40. The molecular weight excluding hydrogens is 547 g/mol. The average Bonchev–Trinajstić information content (AvgIpc) is 2.93. The molecule has 0 saturated heterocycles. The number of dihydropyridines is 1. The maximum absolute atomic E-state index is 13.7. The highest BCUT2D eigenvalue weighted by molar-refractivity contribution is 6.30. The van der Waals surface area contributed by atoms with Crippen LogP contribution in [0.25, 0.3) is 0 Å². The Morgan fingerprint density at radius 2 is 1.73 bits per heavy atom. The lowest BCUT2D eigenvalue weighted by molar-refractivity contribution is -0.143. The van der Waals surface area contributed by atoms with Gasteiger partial charge in [0, 0.05) is 48.1 Å². The van der Waals surface area contributed by atoms with Crippen LogP contribution in [0.1, 0.15) is 35.6 Å². The number of halogens is 2. The normalized spacial score (nSPS) is 18.0. The SMILES string of the molecule is COC(COC(=O)C1=C(C)NC2=C(C(=O)CN(Cc3ccccc3)C2)C1c1cccc(Cl)c1)c1ccccc1.Cl. The number of carbonyl (C=O) groups excluding carboxylic acids is 2. The molecule has 2 aliphatic heterocycles. The molecule has 2 heterocycles. The summed E-state index contributed by atoms with van der Waals surface area (Å²) in [6, 6.07) is 27.0. The Morgan fingerprint density at radius 3 is 2.40 bits per heavy atom. The van der Waals surface area contributed by atoms with E-state index in [0.717, 1.165) is 22.4 Å². The number of benzene rings is 3. The fraction of sp³-hybridized carbons (Fsp3) is 0.250. The molecule has 8 heteroatoms. The molecule has 0 aromatic heterocycles. The first-order chi connectivity index (χ1) is 18.9. The average molecular weight is 580 g/mol. The van der Waals surface area contributed by atoms with Gasteiger partial charge in [0.05, 0.1) is 12.1 Å². The number of hydrogen-bond donors (Lipinski definition) is 1. The van der Waals surface area contributed by atoms with Gasteiger partial charge in [-0.25, -0.2) is 4.79 Å². The summed E-state index contributed by atoms with van der Waals surface area (Å²) < 4.78 is 11.4. The van der Waals surface area contributed by atoms with Crippen LogP contribution in [0, 0.1) is 0 Å². The van der Waals surface area contributed by atoms with Gasteiger partial charge in [-0.2, -0.15) is 0 Å². The number of hydrogen-bond acceptors (Lipinski definition) is 6. The van der Waals surface area contributed by atoms with E-state index in [2.05, 4.69) is 22.3 Å². The Hall–Kier alpha value is -3.42. The van der Waals surface area contributed by atoms with Crippen LogP contribution in [-0.4, -0.2) is 43.5 Å². The third kappa shape index (κ3) is 6.48. The van der Waals surface area contributed by atoms with E-state index in [1.165, 1.54) is 0 Å². The quantitative estimate of drug-likeness (QED) is 0.331. The van der Waals surface area contributed by atoms with Crippen LogP contribution in [-0.2, 0) is 25.6 Å². The first-order valence-electron chi connectivity index (χ1n) is 12.9. The van der Waals surface area contributed by atoms with Gasteiger partial charge in [0.25, 0.3) is 0 Å². The predicted molar refractivity (Wildman–Crippen MR) is 158 cm³/mol. The summed E-state index contributed by atoms with van der Waals surface area (Å²) in [4.78, 5) is 29.5. The van der Waals surface area contributed by atoms with Crippen molar-refractivity contribution < 1.29 is 19.1 Å². The number of rotatable bonds is 8. The molecule has 0 bridgehead atoms. The van der Waals surface area contributed by atoms with E-state index >= 15 is 0 Å². The number of carbonyl (C=O) groups is 2. The second-order valence-corrected chi connectivity index (χ2v) is 10.3. The van der Waals surface area contributed by atoms with Crippen molar-refractivity contribution in [1.82, 2.24) is 10.2 Å². The summed E-state index contributed by atoms with van der Waals surface area (Å²) in [5.41, 5.74) is 5.29. The standard InChI is InChI=1S/C32H31ClN2O4.ClH/c1-21-29(32(37)39-20-28(38-2)23-12-7-4-8-13-23)30(24-14-9-15-25(33)16-24)31-26(34-21)18-35(19-27(31)36)17-22-10-5-3-6-11-22;/h3-16,28,30,34H,17-20H2,1-2H3;1H. The van der Waals surface area contributed by atoms with Gasteiger partial charge < -0.3 is 14.8 Å². The maximum atomic E-state index is 13.7. The molecule has 2 atom stereocenters. The van der Waals surface area contributed by atoms with E-state index in [1.54, 1.807) is 13.2 Å². The van der Waals surface area contributed by atoms with Crippen LogP contribution in [0.2, 0.25) is 5.02 Å². The fourth-order valence-electron chi connectivity index (χ4n) is 5.36. The minimum absolute atomic E-state index is 0. The van der Waals surface area contributed by atoms with Gasteiger partial charge in [-0.15, -0.1) is 12.4 Å². The van der Waals surface area contributed by atoms with Crippen LogP contribution in [0.15, 0.2) is 107 Å². The van der Waals surface area contributed by atoms with Gasteiger partial charge in [-0.3, -0.25) is 9.69 Å². The summed E-state index contributed by atoms with van der Waals surface area (Å²) in [6.45, 7) is 3.37. The highest BCUT2D eigenvalue weighted by Crippen LogP contribution is 2.41. The van der Waals surface area contributed by atoms with Crippen LogP contribution in [0.3, 0.4) is 0 Å². The zero-order valence-electron chi connectivity index (χ0n) is 22.4. The first-order valence-corrected chi connectivity index (χ1v) is 13.3. The molecule has 208 valence electrons. The van der Waals surface area contributed by atoms with Crippen molar-refractivity contribution in [2.24, 2.45) is 0 Å². The van der Waals surface area contributed by atoms with E-state index in [0.29, 0.717) is 35.0 Å². The summed E-state index contributed by atoms with van der Waals surface area (Å²) in [7, 11) is 1.59. The zero-order chi connectivity index (χ0) is 27.4. The molecule has 2 unspecified atom stereocenters. The smallest absolute Gasteiger partial charge is 0.336 e. The number of esters is 1. The Morgan fingerprint density at radius 1 is 1.02 bits per heavy atom. The highest BCUT2D eigenvalue weighted by atomic mass is 35.5. The predicted octanol–water partition coefficient (Wildman–Crippen LogP) is 5.99. The van der Waals surface area contributed by atoms with Crippen molar-refractivity contribution >= 4 is 35.8 Å². The minimum Gasteiger partial charge on any atom is -0.459 e.